The molecule has 2 heterocycles. The molecule has 144 valence electrons. The van der Waals surface area contributed by atoms with Crippen molar-refractivity contribution in [1.82, 2.24) is 10.6 Å². The van der Waals surface area contributed by atoms with Gasteiger partial charge in [-0.15, -0.1) is 11.3 Å². The Bertz CT molecular complexity index is 849. The standard InChI is InChI=1S/C18H21FN4O3S/c1-26-14-5-4-10(19)7-12(14)15-8-13(23-18(20)25)16(27-15)17(24)22-11-3-2-6-21-9-11/h4-5,7-8,11,21H,2-3,6,9H2,1H3,(H,22,24)(H3,20,23,25)/t11-/m1/s1. The maximum atomic E-state index is 13.7. The predicted octanol–water partition coefficient (Wildman–Crippen LogP) is 2.54. The first-order valence-corrected chi connectivity index (χ1v) is 9.35. The van der Waals surface area contributed by atoms with Crippen LogP contribution in [-0.2, 0) is 0 Å². The number of benzene rings is 1. The summed E-state index contributed by atoms with van der Waals surface area (Å²) in [7, 11) is 1.48. The molecule has 1 fully saturated rings. The minimum Gasteiger partial charge on any atom is -0.496 e. The van der Waals surface area contributed by atoms with Crippen LogP contribution in [0.15, 0.2) is 24.3 Å². The van der Waals surface area contributed by atoms with Gasteiger partial charge < -0.3 is 26.4 Å². The van der Waals surface area contributed by atoms with E-state index in [0.717, 1.165) is 30.7 Å². The minimum atomic E-state index is -0.779. The van der Waals surface area contributed by atoms with Crippen molar-refractivity contribution >= 4 is 29.0 Å². The molecule has 9 heteroatoms. The zero-order chi connectivity index (χ0) is 19.4. The smallest absolute Gasteiger partial charge is 0.316 e. The van der Waals surface area contributed by atoms with Crippen molar-refractivity contribution in [2.24, 2.45) is 5.73 Å². The van der Waals surface area contributed by atoms with Crippen molar-refractivity contribution in [3.63, 3.8) is 0 Å². The Morgan fingerprint density at radius 1 is 1.37 bits per heavy atom. The highest BCUT2D eigenvalue weighted by Crippen LogP contribution is 2.39. The van der Waals surface area contributed by atoms with Crippen LogP contribution in [0.1, 0.15) is 22.5 Å². The molecule has 1 aliphatic heterocycles. The van der Waals surface area contributed by atoms with Gasteiger partial charge >= 0.3 is 6.03 Å². The second-order valence-electron chi connectivity index (χ2n) is 6.20. The number of primary amides is 1. The largest absolute Gasteiger partial charge is 0.496 e. The number of carbonyl (C=O) groups is 2. The fourth-order valence-corrected chi connectivity index (χ4v) is 4.05. The van der Waals surface area contributed by atoms with Crippen molar-refractivity contribution in [1.29, 1.82) is 0 Å². The van der Waals surface area contributed by atoms with E-state index < -0.39 is 11.8 Å². The van der Waals surface area contributed by atoms with Gasteiger partial charge in [0, 0.05) is 23.0 Å². The van der Waals surface area contributed by atoms with Gasteiger partial charge in [-0.3, -0.25) is 4.79 Å². The van der Waals surface area contributed by atoms with Gasteiger partial charge in [0.1, 0.15) is 16.4 Å². The van der Waals surface area contributed by atoms with Crippen LogP contribution < -0.4 is 26.4 Å². The third-order valence-corrected chi connectivity index (χ3v) is 5.42. The number of thiophene rings is 1. The maximum absolute atomic E-state index is 13.7. The number of hydrogen-bond acceptors (Lipinski definition) is 5. The third-order valence-electron chi connectivity index (χ3n) is 4.26. The lowest BCUT2D eigenvalue weighted by Crippen LogP contribution is -2.45. The van der Waals surface area contributed by atoms with E-state index in [4.69, 9.17) is 10.5 Å². The predicted molar refractivity (Wildman–Crippen MR) is 103 cm³/mol. The summed E-state index contributed by atoms with van der Waals surface area (Å²) in [6, 6.07) is 4.97. The molecule has 0 bridgehead atoms. The van der Waals surface area contributed by atoms with E-state index in [9.17, 15) is 14.0 Å². The summed E-state index contributed by atoms with van der Waals surface area (Å²) in [6.45, 7) is 1.63. The second kappa shape index (κ2) is 8.36. The van der Waals surface area contributed by atoms with Gasteiger partial charge in [0.2, 0.25) is 0 Å². The molecule has 27 heavy (non-hydrogen) atoms. The Labute approximate surface area is 160 Å². The molecule has 0 saturated carbocycles. The molecule has 1 saturated heterocycles. The van der Waals surface area contributed by atoms with Gasteiger partial charge in [0.05, 0.1) is 12.8 Å². The van der Waals surface area contributed by atoms with Crippen LogP contribution in [0.2, 0.25) is 0 Å². The highest BCUT2D eigenvalue weighted by molar-refractivity contribution is 7.18. The number of rotatable bonds is 5. The summed E-state index contributed by atoms with van der Waals surface area (Å²) in [5.41, 5.74) is 6.02. The lowest BCUT2D eigenvalue weighted by atomic mass is 10.1. The summed E-state index contributed by atoms with van der Waals surface area (Å²) in [4.78, 5) is 25.0. The number of carbonyl (C=O) groups excluding carboxylic acids is 2. The number of nitrogens with two attached hydrogens (primary N) is 1. The van der Waals surface area contributed by atoms with E-state index in [-0.39, 0.29) is 17.6 Å². The molecule has 0 spiro atoms. The second-order valence-corrected chi connectivity index (χ2v) is 7.26. The highest BCUT2D eigenvalue weighted by atomic mass is 32.1. The van der Waals surface area contributed by atoms with Crippen molar-refractivity contribution in [3.05, 3.63) is 35.0 Å². The molecule has 0 aliphatic carbocycles. The number of methoxy groups -OCH3 is 1. The summed E-state index contributed by atoms with van der Waals surface area (Å²) < 4.78 is 19.0. The molecule has 2 aromatic rings. The summed E-state index contributed by atoms with van der Waals surface area (Å²) in [5.74, 6) is -0.270. The number of nitrogens with one attached hydrogen (secondary N) is 3. The topological polar surface area (TPSA) is 105 Å². The third kappa shape index (κ3) is 4.55. The Morgan fingerprint density at radius 2 is 2.19 bits per heavy atom. The first-order chi connectivity index (χ1) is 13.0. The first kappa shape index (κ1) is 19.1. The van der Waals surface area contributed by atoms with Crippen molar-refractivity contribution < 1.29 is 18.7 Å². The SMILES string of the molecule is COc1ccc(F)cc1-c1cc(NC(N)=O)c(C(=O)N[C@@H]2CCCNC2)s1. The van der Waals surface area contributed by atoms with E-state index in [2.05, 4.69) is 16.0 Å². The Balaban J connectivity index is 1.94. The highest BCUT2D eigenvalue weighted by Gasteiger charge is 2.23. The van der Waals surface area contributed by atoms with Gasteiger partial charge in [-0.25, -0.2) is 9.18 Å². The molecule has 1 aromatic heterocycles. The van der Waals surface area contributed by atoms with Gasteiger partial charge in [-0.2, -0.15) is 0 Å². The summed E-state index contributed by atoms with van der Waals surface area (Å²) in [5, 5.41) is 8.67. The molecular weight excluding hydrogens is 371 g/mol. The van der Waals surface area contributed by atoms with Crippen LogP contribution in [0, 0.1) is 5.82 Å². The Kier molecular flexibility index (Phi) is 5.92. The fourth-order valence-electron chi connectivity index (χ4n) is 3.02. The van der Waals surface area contributed by atoms with Gasteiger partial charge in [0.25, 0.3) is 5.91 Å². The molecule has 1 atom stereocenters. The van der Waals surface area contributed by atoms with Crippen molar-refractivity contribution in [2.45, 2.75) is 18.9 Å². The Morgan fingerprint density at radius 3 is 2.85 bits per heavy atom. The Hall–Kier alpha value is -2.65. The van der Waals surface area contributed by atoms with Crippen LogP contribution in [-0.4, -0.2) is 38.2 Å². The van der Waals surface area contributed by atoms with E-state index in [0.29, 0.717) is 27.6 Å². The van der Waals surface area contributed by atoms with Gasteiger partial charge in [-0.05, 0) is 43.7 Å². The van der Waals surface area contributed by atoms with E-state index in [1.54, 1.807) is 6.07 Å². The van der Waals surface area contributed by atoms with Crippen LogP contribution in [0.4, 0.5) is 14.9 Å². The molecule has 7 nitrogen and oxygen atoms in total. The fraction of sp³-hybridized carbons (Fsp3) is 0.333. The van der Waals surface area contributed by atoms with E-state index >= 15 is 0 Å². The summed E-state index contributed by atoms with van der Waals surface area (Å²) in [6.07, 6.45) is 1.86. The molecule has 0 unspecified atom stereocenters. The average Bonchev–Trinajstić information content (AvgIpc) is 3.05. The molecule has 3 amide bonds. The molecular formula is C18H21FN4O3S. The number of urea groups is 1. The number of piperidine rings is 1. The molecule has 1 aromatic carbocycles. The maximum Gasteiger partial charge on any atom is 0.316 e. The quantitative estimate of drug-likeness (QED) is 0.627. The minimum absolute atomic E-state index is 0.0157. The number of hydrogen-bond donors (Lipinski definition) is 4. The number of anilines is 1. The zero-order valence-corrected chi connectivity index (χ0v) is 15.6. The van der Waals surface area contributed by atoms with Crippen molar-refractivity contribution in [3.8, 4) is 16.2 Å². The number of halogens is 1. The van der Waals surface area contributed by atoms with Crippen LogP contribution in [0.25, 0.3) is 10.4 Å². The average molecular weight is 392 g/mol. The number of amides is 3. The van der Waals surface area contributed by atoms with Crippen LogP contribution in [0.5, 0.6) is 5.75 Å². The summed E-state index contributed by atoms with van der Waals surface area (Å²) >= 11 is 1.14. The van der Waals surface area contributed by atoms with Crippen LogP contribution in [0.3, 0.4) is 0 Å². The first-order valence-electron chi connectivity index (χ1n) is 8.53. The lowest BCUT2D eigenvalue weighted by Gasteiger charge is -2.23. The monoisotopic (exact) mass is 392 g/mol. The van der Waals surface area contributed by atoms with Crippen molar-refractivity contribution in [2.75, 3.05) is 25.5 Å². The molecule has 5 N–H and O–H groups in total. The lowest BCUT2D eigenvalue weighted by molar-refractivity contribution is 0.0935. The van der Waals surface area contributed by atoms with E-state index in [1.165, 1.54) is 25.3 Å². The molecule has 3 rings (SSSR count). The number of ether oxygens (including phenoxy) is 1. The van der Waals surface area contributed by atoms with Gasteiger partial charge in [0.15, 0.2) is 0 Å². The molecule has 1 aliphatic rings. The van der Waals surface area contributed by atoms with Crippen LogP contribution >= 0.6 is 11.3 Å². The van der Waals surface area contributed by atoms with Gasteiger partial charge in [-0.1, -0.05) is 0 Å². The zero-order valence-electron chi connectivity index (χ0n) is 14.8. The molecule has 0 radical (unpaired) electrons. The van der Waals surface area contributed by atoms with E-state index in [1.807, 2.05) is 0 Å². The normalized spacial score (nSPS) is 16.6.